The maximum atomic E-state index is 13.4. The molecule has 1 N–H and O–H groups in total. The summed E-state index contributed by atoms with van der Waals surface area (Å²) < 4.78 is 17.1. The molecule has 39 heavy (non-hydrogen) atoms. The summed E-state index contributed by atoms with van der Waals surface area (Å²) in [7, 11) is 1.59. The van der Waals surface area contributed by atoms with Crippen molar-refractivity contribution in [3.63, 3.8) is 0 Å². The molecule has 0 radical (unpaired) electrons. The fourth-order valence-corrected chi connectivity index (χ4v) is 4.58. The number of rotatable bonds is 11. The summed E-state index contributed by atoms with van der Waals surface area (Å²) in [5, 5.41) is 11.5. The number of ketones is 1. The predicted octanol–water partition coefficient (Wildman–Crippen LogP) is 6.28. The number of nitrogens with zero attached hydrogens (tertiary/aromatic N) is 1. The summed E-state index contributed by atoms with van der Waals surface area (Å²) in [4.78, 5) is 28.1. The number of likely N-dealkylation sites (tertiary alicyclic amines) is 1. The summed E-state index contributed by atoms with van der Waals surface area (Å²) in [6, 6.07) is 21.1. The molecule has 1 heterocycles. The predicted molar refractivity (Wildman–Crippen MR) is 150 cm³/mol. The zero-order valence-electron chi connectivity index (χ0n) is 22.8. The number of carbonyl (C=O) groups excluding carboxylic acids is 2. The van der Waals surface area contributed by atoms with E-state index >= 15 is 0 Å². The first-order valence-electron chi connectivity index (χ1n) is 13.1. The van der Waals surface area contributed by atoms with Gasteiger partial charge in [-0.25, -0.2) is 0 Å². The first kappa shape index (κ1) is 27.9. The van der Waals surface area contributed by atoms with E-state index in [0.29, 0.717) is 60.5 Å². The smallest absolute Gasteiger partial charge is 0.295 e. The van der Waals surface area contributed by atoms with E-state index in [9.17, 15) is 14.7 Å². The minimum Gasteiger partial charge on any atom is -0.507 e. The van der Waals surface area contributed by atoms with Crippen LogP contribution >= 0.6 is 0 Å². The molecule has 0 unspecified atom stereocenters. The Kier molecular flexibility index (Phi) is 9.04. The Morgan fingerprint density at radius 1 is 0.974 bits per heavy atom. The van der Waals surface area contributed by atoms with Gasteiger partial charge in [-0.05, 0) is 72.9 Å². The number of Topliss-reactive ketones (excluding diaryl/α,β-unsaturated/α-hetero) is 1. The van der Waals surface area contributed by atoms with Crippen molar-refractivity contribution in [2.45, 2.75) is 33.2 Å². The van der Waals surface area contributed by atoms with E-state index < -0.39 is 17.7 Å². The zero-order valence-corrected chi connectivity index (χ0v) is 22.8. The minimum atomic E-state index is -0.779. The molecule has 0 saturated carbocycles. The van der Waals surface area contributed by atoms with Crippen molar-refractivity contribution < 1.29 is 28.9 Å². The molecule has 3 aromatic carbocycles. The Morgan fingerprint density at radius 3 is 2.41 bits per heavy atom. The number of benzene rings is 3. The first-order valence-corrected chi connectivity index (χ1v) is 13.1. The number of amides is 1. The first-order chi connectivity index (χ1) is 18.8. The number of para-hydroxylation sites is 1. The molecule has 1 atom stereocenters. The van der Waals surface area contributed by atoms with Gasteiger partial charge in [-0.15, -0.1) is 0 Å². The highest BCUT2D eigenvalue weighted by Gasteiger charge is 2.46. The van der Waals surface area contributed by atoms with Crippen LogP contribution in [0.3, 0.4) is 0 Å². The molecule has 1 aliphatic heterocycles. The van der Waals surface area contributed by atoms with Gasteiger partial charge in [-0.2, -0.15) is 0 Å². The number of methoxy groups -OCH3 is 1. The van der Waals surface area contributed by atoms with Gasteiger partial charge in [0, 0.05) is 25.8 Å². The Morgan fingerprint density at radius 2 is 1.72 bits per heavy atom. The molecule has 1 saturated heterocycles. The van der Waals surface area contributed by atoms with Crippen LogP contribution in [0.4, 0.5) is 0 Å². The number of ether oxygens (including phenoxy) is 3. The highest BCUT2D eigenvalue weighted by atomic mass is 16.5. The van der Waals surface area contributed by atoms with Gasteiger partial charge in [0.2, 0.25) is 0 Å². The van der Waals surface area contributed by atoms with Gasteiger partial charge in [0.15, 0.2) is 0 Å². The van der Waals surface area contributed by atoms with E-state index in [-0.39, 0.29) is 11.3 Å². The molecule has 1 aliphatic rings. The Balaban J connectivity index is 1.75. The fourth-order valence-electron chi connectivity index (χ4n) is 4.58. The van der Waals surface area contributed by atoms with Gasteiger partial charge in [-0.1, -0.05) is 44.2 Å². The zero-order chi connectivity index (χ0) is 27.9. The number of carbonyl (C=O) groups is 2. The van der Waals surface area contributed by atoms with Crippen LogP contribution in [0, 0.1) is 12.8 Å². The fraction of sp³-hybridized carbons (Fsp3) is 0.312. The van der Waals surface area contributed by atoms with Crippen molar-refractivity contribution in [1.82, 2.24) is 4.90 Å². The number of aliphatic hydroxyl groups is 1. The van der Waals surface area contributed by atoms with Crippen molar-refractivity contribution >= 4 is 17.4 Å². The normalized spacial score (nSPS) is 16.6. The average molecular weight is 530 g/mol. The highest BCUT2D eigenvalue weighted by molar-refractivity contribution is 6.46. The van der Waals surface area contributed by atoms with Crippen molar-refractivity contribution in [2.75, 3.05) is 26.9 Å². The Hall–Kier alpha value is -4.10. The molecule has 4 rings (SSSR count). The standard InChI is InChI=1S/C32H35NO6/c1-21(2)20-38-27-15-14-24(18-22(27)3)30(34)28-29(33(16-9-17-37-4)32(36)31(28)35)23-10-8-13-26(19-23)39-25-11-6-5-7-12-25/h5-8,10-15,18-19,21,29,34H,9,16-17,20H2,1-4H3/b30-28+/t29-/m1/s1. The summed E-state index contributed by atoms with van der Waals surface area (Å²) in [6.07, 6.45) is 0.543. The van der Waals surface area contributed by atoms with E-state index in [4.69, 9.17) is 14.2 Å². The number of hydrogen-bond acceptors (Lipinski definition) is 6. The molecule has 7 heteroatoms. The van der Waals surface area contributed by atoms with E-state index in [1.54, 1.807) is 31.4 Å². The second-order valence-corrected chi connectivity index (χ2v) is 10.0. The van der Waals surface area contributed by atoms with Crippen LogP contribution in [0.5, 0.6) is 17.2 Å². The lowest BCUT2D eigenvalue weighted by atomic mass is 9.94. The largest absolute Gasteiger partial charge is 0.507 e. The molecule has 0 bridgehead atoms. The van der Waals surface area contributed by atoms with Crippen LogP contribution in [0.15, 0.2) is 78.4 Å². The number of aliphatic hydroxyl groups excluding tert-OH is 1. The summed E-state index contributed by atoms with van der Waals surface area (Å²) in [5.41, 5.74) is 1.98. The molecule has 0 spiro atoms. The van der Waals surface area contributed by atoms with E-state index in [0.717, 1.165) is 5.56 Å². The van der Waals surface area contributed by atoms with Gasteiger partial charge in [0.1, 0.15) is 23.0 Å². The maximum absolute atomic E-state index is 13.4. The van der Waals surface area contributed by atoms with Gasteiger partial charge in [-0.3, -0.25) is 9.59 Å². The van der Waals surface area contributed by atoms with Gasteiger partial charge < -0.3 is 24.2 Å². The molecular formula is C32H35NO6. The summed E-state index contributed by atoms with van der Waals surface area (Å²) in [6.45, 7) is 7.33. The molecule has 0 aliphatic carbocycles. The molecular weight excluding hydrogens is 494 g/mol. The number of aryl methyl sites for hydroxylation is 1. The van der Waals surface area contributed by atoms with Crippen LogP contribution in [-0.4, -0.2) is 48.6 Å². The van der Waals surface area contributed by atoms with Crippen LogP contribution in [0.2, 0.25) is 0 Å². The second-order valence-electron chi connectivity index (χ2n) is 10.0. The van der Waals surface area contributed by atoms with Crippen molar-refractivity contribution in [3.05, 3.63) is 95.1 Å². The topological polar surface area (TPSA) is 85.3 Å². The highest BCUT2D eigenvalue weighted by Crippen LogP contribution is 2.41. The van der Waals surface area contributed by atoms with Crippen LogP contribution < -0.4 is 9.47 Å². The lowest BCUT2D eigenvalue weighted by Crippen LogP contribution is -2.31. The average Bonchev–Trinajstić information content (AvgIpc) is 3.18. The molecule has 0 aromatic heterocycles. The van der Waals surface area contributed by atoms with E-state index in [2.05, 4.69) is 13.8 Å². The van der Waals surface area contributed by atoms with Gasteiger partial charge >= 0.3 is 0 Å². The lowest BCUT2D eigenvalue weighted by molar-refractivity contribution is -0.140. The number of hydrogen-bond donors (Lipinski definition) is 1. The monoisotopic (exact) mass is 529 g/mol. The van der Waals surface area contributed by atoms with Crippen molar-refractivity contribution in [2.24, 2.45) is 5.92 Å². The summed E-state index contributed by atoms with van der Waals surface area (Å²) in [5.74, 6) is 0.710. The van der Waals surface area contributed by atoms with Crippen molar-refractivity contribution in [3.8, 4) is 17.2 Å². The Labute approximate surface area is 229 Å². The molecule has 1 fully saturated rings. The van der Waals surface area contributed by atoms with E-state index in [1.807, 2.05) is 55.5 Å². The molecule has 3 aromatic rings. The van der Waals surface area contributed by atoms with Crippen molar-refractivity contribution in [1.29, 1.82) is 0 Å². The molecule has 7 nitrogen and oxygen atoms in total. The lowest BCUT2D eigenvalue weighted by Gasteiger charge is -2.25. The second kappa shape index (κ2) is 12.6. The Bertz CT molecular complexity index is 1350. The summed E-state index contributed by atoms with van der Waals surface area (Å²) >= 11 is 0. The van der Waals surface area contributed by atoms with Crippen LogP contribution in [0.1, 0.15) is 43.0 Å². The molecule has 204 valence electrons. The third kappa shape index (κ3) is 6.49. The third-order valence-corrected chi connectivity index (χ3v) is 6.46. The SMILES string of the molecule is COCCCN1C(=O)C(=O)/C(=C(/O)c2ccc(OCC(C)C)c(C)c2)[C@H]1c1cccc(Oc2ccccc2)c1. The molecule has 1 amide bonds. The van der Waals surface area contributed by atoms with Gasteiger partial charge in [0.05, 0.1) is 18.2 Å². The van der Waals surface area contributed by atoms with Crippen LogP contribution in [0.25, 0.3) is 5.76 Å². The van der Waals surface area contributed by atoms with Crippen LogP contribution in [-0.2, 0) is 14.3 Å². The van der Waals surface area contributed by atoms with E-state index in [1.165, 1.54) is 4.90 Å². The quantitative estimate of drug-likeness (QED) is 0.136. The third-order valence-electron chi connectivity index (χ3n) is 6.46. The van der Waals surface area contributed by atoms with Gasteiger partial charge in [0.25, 0.3) is 11.7 Å². The minimum absolute atomic E-state index is 0.0459. The maximum Gasteiger partial charge on any atom is 0.295 e.